The number of carbonyl (C=O) groups excluding carboxylic acids is 2. The number of amides is 2. The quantitative estimate of drug-likeness (QED) is 0.389. The Bertz CT molecular complexity index is 1290. The predicted molar refractivity (Wildman–Crippen MR) is 150 cm³/mol. The van der Waals surface area contributed by atoms with Gasteiger partial charge in [0.05, 0.1) is 20.6 Å². The molecule has 9 heteroatoms. The number of fused-ring (bicyclic) bond motifs is 1. The lowest BCUT2D eigenvalue weighted by Crippen LogP contribution is -2.47. The third-order valence-corrected chi connectivity index (χ3v) is 8.04. The van der Waals surface area contributed by atoms with Gasteiger partial charge in [0, 0.05) is 28.2 Å². The summed E-state index contributed by atoms with van der Waals surface area (Å²) in [6.45, 7) is 0.871. The third kappa shape index (κ3) is 5.98. The van der Waals surface area contributed by atoms with Gasteiger partial charge in [0.25, 0.3) is 0 Å². The molecular weight excluding hydrogens is 516 g/mol. The van der Waals surface area contributed by atoms with E-state index in [9.17, 15) is 9.59 Å². The topological polar surface area (TPSA) is 86.3 Å². The minimum atomic E-state index is -1.01. The molecule has 3 aromatic rings. The molecule has 206 valence electrons. The van der Waals surface area contributed by atoms with Gasteiger partial charge in [0.15, 0.2) is 23.0 Å². The number of benzene rings is 2. The van der Waals surface area contributed by atoms with Gasteiger partial charge in [0.2, 0.25) is 11.8 Å². The molecule has 1 N–H and O–H groups in total. The van der Waals surface area contributed by atoms with Crippen molar-refractivity contribution in [2.45, 2.75) is 50.6 Å². The van der Waals surface area contributed by atoms with Crippen LogP contribution in [0.15, 0.2) is 53.9 Å². The van der Waals surface area contributed by atoms with Crippen LogP contribution in [0.2, 0.25) is 0 Å². The van der Waals surface area contributed by atoms with E-state index in [1.165, 1.54) is 17.8 Å². The van der Waals surface area contributed by atoms with E-state index >= 15 is 0 Å². The highest BCUT2D eigenvalue weighted by Crippen LogP contribution is 2.42. The van der Waals surface area contributed by atoms with E-state index in [1.807, 2.05) is 29.6 Å². The Labute approximate surface area is 232 Å². The zero-order valence-electron chi connectivity index (χ0n) is 22.3. The van der Waals surface area contributed by atoms with E-state index in [2.05, 4.69) is 5.32 Å². The summed E-state index contributed by atoms with van der Waals surface area (Å²) in [7, 11) is 3.10. The fourth-order valence-corrected chi connectivity index (χ4v) is 6.01. The van der Waals surface area contributed by atoms with E-state index < -0.39 is 6.04 Å². The molecule has 1 fully saturated rings. The first-order chi connectivity index (χ1) is 19.1. The Morgan fingerprint density at radius 3 is 2.51 bits per heavy atom. The molecule has 5 rings (SSSR count). The molecule has 0 spiro atoms. The van der Waals surface area contributed by atoms with Gasteiger partial charge < -0.3 is 24.3 Å². The number of hydrogen-bond donors (Lipinski definition) is 1. The van der Waals surface area contributed by atoms with Crippen molar-refractivity contribution in [1.82, 2.24) is 5.32 Å². The van der Waals surface area contributed by atoms with E-state index in [-0.39, 0.29) is 24.3 Å². The summed E-state index contributed by atoms with van der Waals surface area (Å²) in [4.78, 5) is 30.9. The smallest absolute Gasteiger partial charge is 0.248 e. The van der Waals surface area contributed by atoms with Crippen LogP contribution in [-0.4, -0.2) is 45.3 Å². The number of ether oxygens (including phenoxy) is 4. The van der Waals surface area contributed by atoms with E-state index in [4.69, 9.17) is 18.9 Å². The van der Waals surface area contributed by atoms with Gasteiger partial charge in [-0.2, -0.15) is 0 Å². The van der Waals surface area contributed by atoms with Crippen molar-refractivity contribution < 1.29 is 28.5 Å². The normalized spacial score (nSPS) is 15.7. The lowest BCUT2D eigenvalue weighted by atomic mass is 9.94. The maximum Gasteiger partial charge on any atom is 0.248 e. The number of nitrogens with one attached hydrogen (secondary N) is 1. The first-order valence-corrected chi connectivity index (χ1v) is 14.2. The summed E-state index contributed by atoms with van der Waals surface area (Å²) in [6, 6.07) is 13.6. The fraction of sp³-hybridized carbons (Fsp3) is 0.400. The summed E-state index contributed by atoms with van der Waals surface area (Å²) in [5, 5.41) is 5.19. The van der Waals surface area contributed by atoms with Crippen molar-refractivity contribution in [2.24, 2.45) is 0 Å². The van der Waals surface area contributed by atoms with Crippen LogP contribution in [-0.2, 0) is 16.0 Å². The van der Waals surface area contributed by atoms with Crippen molar-refractivity contribution in [3.8, 4) is 23.0 Å². The zero-order valence-corrected chi connectivity index (χ0v) is 23.1. The lowest BCUT2D eigenvalue weighted by molar-refractivity contribution is -0.127. The number of carbonyl (C=O) groups is 2. The van der Waals surface area contributed by atoms with Crippen LogP contribution in [0.4, 0.5) is 5.69 Å². The first kappa shape index (κ1) is 26.9. The average molecular weight is 551 g/mol. The number of hydrogen-bond acceptors (Lipinski definition) is 7. The number of para-hydroxylation sites is 1. The Hall–Kier alpha value is -3.72. The average Bonchev–Trinajstić information content (AvgIpc) is 3.48. The molecule has 8 nitrogen and oxygen atoms in total. The van der Waals surface area contributed by atoms with Gasteiger partial charge in [-0.15, -0.1) is 11.3 Å². The van der Waals surface area contributed by atoms with Gasteiger partial charge >= 0.3 is 0 Å². The van der Waals surface area contributed by atoms with Crippen molar-refractivity contribution in [3.63, 3.8) is 0 Å². The van der Waals surface area contributed by atoms with E-state index in [0.29, 0.717) is 47.5 Å². The number of thiophene rings is 1. The minimum Gasteiger partial charge on any atom is -0.493 e. The molecule has 1 atom stereocenters. The van der Waals surface area contributed by atoms with Crippen molar-refractivity contribution in [2.75, 3.05) is 32.3 Å². The molecule has 1 aliphatic heterocycles. The second kappa shape index (κ2) is 12.4. The van der Waals surface area contributed by atoms with Crippen molar-refractivity contribution in [1.29, 1.82) is 0 Å². The second-order valence-electron chi connectivity index (χ2n) is 9.68. The van der Waals surface area contributed by atoms with Gasteiger partial charge in [-0.05, 0) is 42.5 Å². The fourth-order valence-electron chi connectivity index (χ4n) is 5.32. The SMILES string of the molecule is COc1cccc([C@H](C(=O)NC2CCCCC2)N(C(=O)Cc2cccs2)c2ccc3c(c2)OCCO3)c1OC. The van der Waals surface area contributed by atoms with Crippen molar-refractivity contribution in [3.05, 3.63) is 64.4 Å². The van der Waals surface area contributed by atoms with Crippen LogP contribution in [0.25, 0.3) is 0 Å². The molecule has 2 heterocycles. The standard InChI is InChI=1S/C30H34N2O6S/c1-35-25-12-6-11-23(29(25)36-2)28(30(34)31-20-8-4-3-5-9-20)32(27(33)19-22-10-7-17-39-22)21-13-14-24-26(18-21)38-16-15-37-24/h6-7,10-14,17-18,20,28H,3-5,8-9,15-16,19H2,1-2H3,(H,31,34)/t28-/m1/s1. The molecule has 1 aromatic heterocycles. The van der Waals surface area contributed by atoms with Crippen LogP contribution in [0.5, 0.6) is 23.0 Å². The predicted octanol–water partition coefficient (Wildman–Crippen LogP) is 5.30. The highest BCUT2D eigenvalue weighted by atomic mass is 32.1. The largest absolute Gasteiger partial charge is 0.493 e. The van der Waals surface area contributed by atoms with Gasteiger partial charge in [-0.1, -0.05) is 37.5 Å². The zero-order chi connectivity index (χ0) is 27.2. The Morgan fingerprint density at radius 2 is 1.79 bits per heavy atom. The monoisotopic (exact) mass is 550 g/mol. The minimum absolute atomic E-state index is 0.0554. The lowest BCUT2D eigenvalue weighted by Gasteiger charge is -2.34. The molecule has 0 bridgehead atoms. The summed E-state index contributed by atoms with van der Waals surface area (Å²) in [6.07, 6.45) is 5.29. The molecule has 2 amide bonds. The molecule has 0 unspecified atom stereocenters. The summed E-state index contributed by atoms with van der Waals surface area (Å²) in [5.41, 5.74) is 1.08. The third-order valence-electron chi connectivity index (χ3n) is 7.16. The van der Waals surface area contributed by atoms with Gasteiger partial charge in [0.1, 0.15) is 19.3 Å². The highest BCUT2D eigenvalue weighted by molar-refractivity contribution is 7.10. The summed E-state index contributed by atoms with van der Waals surface area (Å²) >= 11 is 1.51. The van der Waals surface area contributed by atoms with Crippen LogP contribution in [0.3, 0.4) is 0 Å². The van der Waals surface area contributed by atoms with Crippen molar-refractivity contribution >= 4 is 28.8 Å². The van der Waals surface area contributed by atoms with Crippen LogP contribution in [0, 0.1) is 0 Å². The number of methoxy groups -OCH3 is 2. The molecule has 0 radical (unpaired) electrons. The first-order valence-electron chi connectivity index (χ1n) is 13.3. The second-order valence-corrected chi connectivity index (χ2v) is 10.7. The molecule has 2 aromatic carbocycles. The van der Waals surface area contributed by atoms with E-state index in [1.54, 1.807) is 43.4 Å². The van der Waals surface area contributed by atoms with E-state index in [0.717, 1.165) is 30.6 Å². The van der Waals surface area contributed by atoms with Gasteiger partial charge in [-0.3, -0.25) is 14.5 Å². The molecule has 39 heavy (non-hydrogen) atoms. The van der Waals surface area contributed by atoms with Crippen LogP contribution < -0.4 is 29.2 Å². The Kier molecular flexibility index (Phi) is 8.56. The molecule has 2 aliphatic rings. The van der Waals surface area contributed by atoms with Crippen LogP contribution in [0.1, 0.15) is 48.6 Å². The van der Waals surface area contributed by atoms with Gasteiger partial charge in [-0.25, -0.2) is 0 Å². The Balaban J connectivity index is 1.63. The number of anilines is 1. The maximum absolute atomic E-state index is 14.2. The highest BCUT2D eigenvalue weighted by Gasteiger charge is 2.37. The molecule has 0 saturated heterocycles. The number of rotatable bonds is 9. The number of nitrogens with zero attached hydrogens (tertiary/aromatic N) is 1. The summed E-state index contributed by atoms with van der Waals surface area (Å²) < 4.78 is 22.9. The molecule has 1 aliphatic carbocycles. The Morgan fingerprint density at radius 1 is 1.00 bits per heavy atom. The molecular formula is C30H34N2O6S. The maximum atomic E-state index is 14.2. The van der Waals surface area contributed by atoms with Crippen LogP contribution >= 0.6 is 11.3 Å². The molecule has 1 saturated carbocycles. The summed E-state index contributed by atoms with van der Waals surface area (Å²) in [5.74, 6) is 1.56.